The lowest BCUT2D eigenvalue weighted by Crippen LogP contribution is -2.52. The van der Waals surface area contributed by atoms with Crippen LogP contribution in [0.3, 0.4) is 0 Å². The number of halogens is 3. The van der Waals surface area contributed by atoms with E-state index >= 15 is 0 Å². The fraction of sp³-hybridized carbons (Fsp3) is 0.889. The Bertz CT molecular complexity index is 543. The molecule has 0 aromatic rings. The number of carbonyl (C=O) groups is 1. The van der Waals surface area contributed by atoms with E-state index in [9.17, 15) is 18.0 Å². The predicted octanol–water partition coefficient (Wildman–Crippen LogP) is 2.53. The number of hydrogen-bond donors (Lipinski definition) is 2. The fourth-order valence-electron chi connectivity index (χ4n) is 4.69. The highest BCUT2D eigenvalue weighted by Crippen LogP contribution is 2.39. The van der Waals surface area contributed by atoms with E-state index in [1.165, 1.54) is 0 Å². The number of rotatable bonds is 2. The molecule has 148 valence electrons. The molecule has 0 radical (unpaired) electrons. The Balaban J connectivity index is 1.49. The van der Waals surface area contributed by atoms with E-state index in [1.54, 1.807) is 7.05 Å². The van der Waals surface area contributed by atoms with Crippen molar-refractivity contribution < 1.29 is 18.0 Å². The lowest BCUT2D eigenvalue weighted by atomic mass is 9.79. The molecule has 3 fully saturated rings. The summed E-state index contributed by atoms with van der Waals surface area (Å²) in [5, 5.41) is 6.31. The molecule has 1 saturated carbocycles. The van der Waals surface area contributed by atoms with Crippen LogP contribution in [0, 0.1) is 17.3 Å². The van der Waals surface area contributed by atoms with Gasteiger partial charge in [-0.15, -0.1) is 0 Å². The van der Waals surface area contributed by atoms with E-state index in [1.807, 2.05) is 0 Å². The highest BCUT2D eigenvalue weighted by atomic mass is 19.4. The van der Waals surface area contributed by atoms with Crippen molar-refractivity contribution in [2.45, 2.75) is 51.1 Å². The molecule has 26 heavy (non-hydrogen) atoms. The summed E-state index contributed by atoms with van der Waals surface area (Å²) in [5.41, 5.74) is -0.00226. The number of amides is 1. The van der Waals surface area contributed by atoms with Crippen LogP contribution in [-0.4, -0.2) is 56.2 Å². The van der Waals surface area contributed by atoms with Crippen molar-refractivity contribution in [2.75, 3.05) is 33.2 Å². The zero-order chi connectivity index (χ0) is 18.8. The third-order valence-electron chi connectivity index (χ3n) is 6.23. The highest BCUT2D eigenvalue weighted by molar-refractivity contribution is 5.81. The Hall–Kier alpha value is -1.47. The predicted molar refractivity (Wildman–Crippen MR) is 93.7 cm³/mol. The normalized spacial score (nSPS) is 33.5. The van der Waals surface area contributed by atoms with Crippen molar-refractivity contribution in [3.8, 4) is 0 Å². The second-order valence-corrected chi connectivity index (χ2v) is 8.17. The standard InChI is InChI=1S/C18H29F3N4O/c1-22-16(23-10-13-3-5-14(6-4-13)18(19,20)21)25-8-2-7-17(12-25)9-15(26)24-11-17/h13-14H,2-12H2,1H3,(H,22,23)(H,24,26). The van der Waals surface area contributed by atoms with Gasteiger partial charge in [0.1, 0.15) is 0 Å². The topological polar surface area (TPSA) is 56.7 Å². The average molecular weight is 374 g/mol. The summed E-state index contributed by atoms with van der Waals surface area (Å²) in [5.74, 6) is 0.0591. The van der Waals surface area contributed by atoms with Crippen LogP contribution in [0.4, 0.5) is 13.2 Å². The fourth-order valence-corrected chi connectivity index (χ4v) is 4.69. The first-order chi connectivity index (χ1) is 12.3. The number of alkyl halides is 3. The summed E-state index contributed by atoms with van der Waals surface area (Å²) < 4.78 is 38.3. The number of hydrogen-bond acceptors (Lipinski definition) is 2. The van der Waals surface area contributed by atoms with Crippen LogP contribution < -0.4 is 10.6 Å². The molecule has 0 aromatic heterocycles. The second-order valence-electron chi connectivity index (χ2n) is 8.17. The van der Waals surface area contributed by atoms with Gasteiger partial charge in [0.05, 0.1) is 5.92 Å². The molecule has 2 aliphatic heterocycles. The van der Waals surface area contributed by atoms with Gasteiger partial charge in [-0.3, -0.25) is 9.79 Å². The summed E-state index contributed by atoms with van der Waals surface area (Å²) in [4.78, 5) is 18.2. The molecular weight excluding hydrogens is 345 g/mol. The molecule has 1 amide bonds. The van der Waals surface area contributed by atoms with Gasteiger partial charge in [0.15, 0.2) is 5.96 Å². The van der Waals surface area contributed by atoms with Gasteiger partial charge in [0.2, 0.25) is 5.91 Å². The molecular formula is C18H29F3N4O. The first-order valence-corrected chi connectivity index (χ1v) is 9.60. The SMILES string of the molecule is CN=C(NCC1CCC(C(F)(F)F)CC1)N1CCCC2(CNC(=O)C2)C1. The molecule has 0 aromatic carbocycles. The highest BCUT2D eigenvalue weighted by Gasteiger charge is 2.43. The third kappa shape index (κ3) is 4.43. The van der Waals surface area contributed by atoms with E-state index in [-0.39, 0.29) is 30.1 Å². The third-order valence-corrected chi connectivity index (χ3v) is 6.23. The maximum absolute atomic E-state index is 12.8. The van der Waals surface area contributed by atoms with E-state index < -0.39 is 12.1 Å². The second kappa shape index (κ2) is 7.64. The zero-order valence-electron chi connectivity index (χ0n) is 15.4. The van der Waals surface area contributed by atoms with Gasteiger partial charge in [-0.25, -0.2) is 0 Å². The zero-order valence-corrected chi connectivity index (χ0v) is 15.4. The molecule has 1 unspecified atom stereocenters. The van der Waals surface area contributed by atoms with Gasteiger partial charge in [-0.1, -0.05) is 0 Å². The number of piperidine rings is 1. The largest absolute Gasteiger partial charge is 0.391 e. The molecule has 0 bridgehead atoms. The molecule has 2 heterocycles. The minimum Gasteiger partial charge on any atom is -0.356 e. The summed E-state index contributed by atoms with van der Waals surface area (Å²) in [6.45, 7) is 3.08. The number of nitrogens with zero attached hydrogens (tertiary/aromatic N) is 2. The molecule has 3 aliphatic rings. The average Bonchev–Trinajstić information content (AvgIpc) is 2.95. The van der Waals surface area contributed by atoms with Gasteiger partial charge in [0.25, 0.3) is 0 Å². The van der Waals surface area contributed by atoms with Crippen LogP contribution in [0.2, 0.25) is 0 Å². The van der Waals surface area contributed by atoms with Crippen molar-refractivity contribution in [3.05, 3.63) is 0 Å². The van der Waals surface area contributed by atoms with Gasteiger partial charge in [-0.05, 0) is 44.4 Å². The van der Waals surface area contributed by atoms with Crippen LogP contribution >= 0.6 is 0 Å². The van der Waals surface area contributed by atoms with E-state index in [0.717, 1.165) is 38.4 Å². The molecule has 3 rings (SSSR count). The summed E-state index contributed by atoms with van der Waals surface area (Å²) >= 11 is 0. The smallest absolute Gasteiger partial charge is 0.356 e. The molecule has 1 atom stereocenters. The lowest BCUT2D eigenvalue weighted by molar-refractivity contribution is -0.183. The number of aliphatic imine (C=N–C) groups is 1. The Labute approximate surface area is 152 Å². The van der Waals surface area contributed by atoms with Gasteiger partial charge < -0.3 is 15.5 Å². The van der Waals surface area contributed by atoms with Crippen molar-refractivity contribution in [2.24, 2.45) is 22.2 Å². The Morgan fingerprint density at radius 2 is 2.08 bits per heavy atom. The van der Waals surface area contributed by atoms with E-state index in [2.05, 4.69) is 20.5 Å². The molecule has 5 nitrogen and oxygen atoms in total. The van der Waals surface area contributed by atoms with Gasteiger partial charge in [-0.2, -0.15) is 13.2 Å². The minimum absolute atomic E-state index is 0.00226. The number of guanidine groups is 1. The Kier molecular flexibility index (Phi) is 5.67. The van der Waals surface area contributed by atoms with Crippen LogP contribution in [0.15, 0.2) is 4.99 Å². The summed E-state index contributed by atoms with van der Waals surface area (Å²) in [6.07, 6.45) is 0.259. The molecule has 1 spiro atoms. The monoisotopic (exact) mass is 374 g/mol. The minimum atomic E-state index is -4.05. The molecule has 1 aliphatic carbocycles. The van der Waals surface area contributed by atoms with E-state index in [0.29, 0.717) is 25.8 Å². The summed E-state index contributed by atoms with van der Waals surface area (Å²) in [6, 6.07) is 0. The number of nitrogens with one attached hydrogen (secondary N) is 2. The Morgan fingerprint density at radius 3 is 2.65 bits per heavy atom. The maximum Gasteiger partial charge on any atom is 0.391 e. The van der Waals surface area contributed by atoms with Crippen LogP contribution in [0.5, 0.6) is 0 Å². The lowest BCUT2D eigenvalue weighted by Gasteiger charge is -2.41. The van der Waals surface area contributed by atoms with Gasteiger partial charge >= 0.3 is 6.18 Å². The van der Waals surface area contributed by atoms with Crippen molar-refractivity contribution in [3.63, 3.8) is 0 Å². The first kappa shape index (κ1) is 19.3. The van der Waals surface area contributed by atoms with Crippen molar-refractivity contribution in [1.29, 1.82) is 0 Å². The Morgan fingerprint density at radius 1 is 1.35 bits per heavy atom. The van der Waals surface area contributed by atoms with Crippen LogP contribution in [0.25, 0.3) is 0 Å². The first-order valence-electron chi connectivity index (χ1n) is 9.60. The molecule has 2 N–H and O–H groups in total. The quantitative estimate of drug-likeness (QED) is 0.577. The maximum atomic E-state index is 12.8. The number of likely N-dealkylation sites (tertiary alicyclic amines) is 1. The van der Waals surface area contributed by atoms with Gasteiger partial charge in [0, 0.05) is 45.1 Å². The molecule has 8 heteroatoms. The van der Waals surface area contributed by atoms with Crippen molar-refractivity contribution in [1.82, 2.24) is 15.5 Å². The van der Waals surface area contributed by atoms with Crippen molar-refractivity contribution >= 4 is 11.9 Å². The number of carbonyl (C=O) groups excluding carboxylic acids is 1. The summed E-state index contributed by atoms with van der Waals surface area (Å²) in [7, 11) is 1.74. The van der Waals surface area contributed by atoms with Crippen LogP contribution in [0.1, 0.15) is 44.9 Å². The van der Waals surface area contributed by atoms with Crippen LogP contribution in [-0.2, 0) is 4.79 Å². The molecule has 2 saturated heterocycles. The van der Waals surface area contributed by atoms with E-state index in [4.69, 9.17) is 0 Å².